The van der Waals surface area contributed by atoms with Gasteiger partial charge in [-0.05, 0) is 155 Å². The van der Waals surface area contributed by atoms with Gasteiger partial charge in [0.15, 0.2) is 0 Å². The zero-order chi connectivity index (χ0) is 86.5. The first kappa shape index (κ1) is 85.8. The molecule has 8 aliphatic heterocycles. The molecular weight excluding hydrogens is 1700 g/mol. The fourth-order valence-corrected chi connectivity index (χ4v) is 19.7. The Morgan fingerprint density at radius 1 is 0.451 bits per heavy atom. The summed E-state index contributed by atoms with van der Waals surface area (Å²) in [6.07, 6.45) is 8.90. The lowest BCUT2D eigenvalue weighted by atomic mass is 9.87. The van der Waals surface area contributed by atoms with Gasteiger partial charge in [0.25, 0.3) is 0 Å². The Balaban J connectivity index is 0.000000190. The fourth-order valence-electron chi connectivity index (χ4n) is 18.6. The molecule has 4 aromatic heterocycles. The molecule has 0 saturated carbocycles. The summed E-state index contributed by atoms with van der Waals surface area (Å²) in [7, 11) is 5.51. The number of hydrogen-bond donors (Lipinski definition) is 8. The first-order valence-corrected chi connectivity index (χ1v) is 43.9. The first-order chi connectivity index (χ1) is 58.6. The molecule has 0 radical (unpaired) electrons. The molecule has 4 fully saturated rings. The average Bonchev–Trinajstić information content (AvgIpc) is 0.918. The molecule has 8 aromatic rings. The van der Waals surface area contributed by atoms with E-state index in [1.165, 1.54) is 28.3 Å². The number of aromatic nitrogens is 8. The van der Waals surface area contributed by atoms with Crippen LogP contribution in [0.15, 0.2) is 70.1 Å². The third-order valence-corrected chi connectivity index (χ3v) is 27.2. The van der Waals surface area contributed by atoms with Gasteiger partial charge in [0, 0.05) is 107 Å². The molecule has 34 heteroatoms. The van der Waals surface area contributed by atoms with Crippen LogP contribution in [0.2, 0.25) is 0 Å². The highest BCUT2D eigenvalue weighted by Gasteiger charge is 2.46. The van der Waals surface area contributed by atoms with Crippen molar-refractivity contribution >= 4 is 79.9 Å². The number of H-pyrrole nitrogens is 4. The van der Waals surface area contributed by atoms with E-state index in [2.05, 4.69) is 86.7 Å². The van der Waals surface area contributed by atoms with Gasteiger partial charge in [-0.3, -0.25) is 29.0 Å². The van der Waals surface area contributed by atoms with Gasteiger partial charge in [0.1, 0.15) is 117 Å². The van der Waals surface area contributed by atoms with Crippen LogP contribution in [0, 0.1) is 23.7 Å². The summed E-state index contributed by atoms with van der Waals surface area (Å²) in [6, 6.07) is 12.2. The maximum atomic E-state index is 13.9. The lowest BCUT2D eigenvalue weighted by molar-refractivity contribution is -0.139. The predicted molar refractivity (Wildman–Crippen MR) is 457 cm³/mol. The van der Waals surface area contributed by atoms with Crippen molar-refractivity contribution in [3.63, 3.8) is 0 Å². The Bertz CT molecular complexity index is 4950. The van der Waals surface area contributed by atoms with Crippen molar-refractivity contribution in [2.75, 3.05) is 54.5 Å². The normalized spacial score (nSPS) is 19.6. The summed E-state index contributed by atoms with van der Waals surface area (Å²) in [5.74, 6) is 4.41. The molecule has 0 aliphatic carbocycles. The number of ether oxygens (including phenoxy) is 6. The number of hydrogen-bond acceptors (Lipinski definition) is 18. The maximum absolute atomic E-state index is 13.9. The van der Waals surface area contributed by atoms with E-state index in [4.69, 9.17) is 48.4 Å². The van der Waals surface area contributed by atoms with Crippen LogP contribution in [0.1, 0.15) is 202 Å². The van der Waals surface area contributed by atoms with Gasteiger partial charge >= 0.3 is 24.4 Å². The molecule has 16 rings (SSSR count). The molecule has 8 aliphatic rings. The Labute approximate surface area is 723 Å². The van der Waals surface area contributed by atoms with Crippen LogP contribution in [0.25, 0.3) is 67.3 Å². The number of carboxylic acid groups (broad SMARTS) is 2. The number of alkyl carbamates (subject to hydrolysis) is 2. The Morgan fingerprint density at radius 2 is 0.746 bits per heavy atom. The number of benzene rings is 4. The number of carbonyl (C=O) groups is 8. The van der Waals surface area contributed by atoms with Gasteiger partial charge in [0.05, 0.1) is 62.2 Å². The topological polar surface area (TPSA) is 391 Å². The zero-order valence-corrected chi connectivity index (χ0v) is 73.9. The van der Waals surface area contributed by atoms with Gasteiger partial charge < -0.3 is 88.8 Å². The van der Waals surface area contributed by atoms with Crippen molar-refractivity contribution in [3.05, 3.63) is 116 Å². The smallest absolute Gasteiger partial charge is 0.407 e. The van der Waals surface area contributed by atoms with E-state index in [1.54, 1.807) is 22.2 Å². The molecule has 8 amide bonds. The van der Waals surface area contributed by atoms with Crippen LogP contribution >= 0.6 is 31.9 Å². The summed E-state index contributed by atoms with van der Waals surface area (Å²) in [6.45, 7) is 19.1. The molecule has 0 unspecified atom stereocenters. The number of halogens is 2. The molecule has 648 valence electrons. The van der Waals surface area contributed by atoms with E-state index in [9.17, 15) is 48.6 Å². The number of likely N-dealkylation sites (tertiary alicyclic amines) is 4. The minimum atomic E-state index is -1.13. The Hall–Kier alpha value is -11.2. The predicted octanol–water partition coefficient (Wildman–Crippen LogP) is 15.6. The molecule has 0 bridgehead atoms. The standard InChI is InChI=1S/C44H52Br2N8O8.C44H54N8O8/c1-7-21(3)33(49-43(57)59-5)41(55)53-13-9-11-27(53)39-47-35(37(45)51-39)23-15-25-19-62-30-18-24(16-26-20-61-29(17-23)31(25)32(26)30)36-38(46)52-40(48-36)28-12-10-14-54(28)42(56)34(22(4)8-2)50-44(58)60-6;1-7-23(3)37(49(5)43(55)56)41(53)51-13-9-11-31(51)39-45-19-29(47-39)25-15-27-21-60-34-18-26(16-28-22-59-33(17-25)35(27)36(28)34)30-20-46-40(48-30)32-12-10-14-52(32)42(54)38(24(4)8-2)50(6)44(57)58/h15-18,21-22,27-28,33-34H,7-14,19-20H2,1-6H3,(H,47,51)(H,48,52)(H,49,57)(H,50,58);15-20,23-24,31-32,37-38H,7-14,21-22H2,1-6H3,(H,45,47)(H,46,48)(H,55,56)(H,57,58)/t21-,22-,27-,28-,33-,34-;23-,24-,31-,32-,37-,38-/m00/s1. The third kappa shape index (κ3) is 16.3. The zero-order valence-electron chi connectivity index (χ0n) is 70.7. The molecule has 8 N–H and O–H groups in total. The minimum absolute atomic E-state index is 0.0898. The minimum Gasteiger partial charge on any atom is -0.488 e. The maximum Gasteiger partial charge on any atom is 0.407 e. The largest absolute Gasteiger partial charge is 0.488 e. The number of carbonyl (C=O) groups excluding carboxylic acids is 6. The van der Waals surface area contributed by atoms with E-state index >= 15 is 0 Å². The number of amides is 8. The number of likely N-dealkylation sites (N-methyl/N-ethyl adjacent to an activating group) is 2. The van der Waals surface area contributed by atoms with Crippen molar-refractivity contribution in [3.8, 4) is 90.3 Å². The van der Waals surface area contributed by atoms with Gasteiger partial charge in [0.2, 0.25) is 23.6 Å². The quantitative estimate of drug-likeness (QED) is 0.0278. The van der Waals surface area contributed by atoms with Crippen LogP contribution in [-0.4, -0.2) is 206 Å². The second-order valence-corrected chi connectivity index (χ2v) is 34.9. The van der Waals surface area contributed by atoms with Crippen molar-refractivity contribution < 1.29 is 77.0 Å². The van der Waals surface area contributed by atoms with Crippen molar-refractivity contribution in [1.29, 1.82) is 0 Å². The first-order valence-electron chi connectivity index (χ1n) is 42.3. The molecule has 32 nitrogen and oxygen atoms in total. The van der Waals surface area contributed by atoms with Gasteiger partial charge in [-0.2, -0.15) is 0 Å². The highest BCUT2D eigenvalue weighted by molar-refractivity contribution is 9.10. The third-order valence-electron chi connectivity index (χ3n) is 26.1. The summed E-state index contributed by atoms with van der Waals surface area (Å²) in [5.41, 5.74) is 14.2. The van der Waals surface area contributed by atoms with E-state index in [1.807, 2.05) is 89.5 Å². The van der Waals surface area contributed by atoms with E-state index < -0.39 is 48.5 Å². The van der Waals surface area contributed by atoms with Crippen molar-refractivity contribution in [2.45, 2.75) is 207 Å². The summed E-state index contributed by atoms with van der Waals surface area (Å²) < 4.78 is 36.9. The molecule has 0 spiro atoms. The van der Waals surface area contributed by atoms with Crippen LogP contribution in [0.3, 0.4) is 0 Å². The monoisotopic (exact) mass is 1800 g/mol. The number of imidazole rings is 4. The molecule has 12 heterocycles. The molecule has 4 aromatic carbocycles. The Kier molecular flexibility index (Phi) is 25.1. The second-order valence-electron chi connectivity index (χ2n) is 33.3. The lowest BCUT2D eigenvalue weighted by Gasteiger charge is -2.34. The van der Waals surface area contributed by atoms with Crippen molar-refractivity contribution in [1.82, 2.24) is 79.9 Å². The molecular formula is C88H106Br2N16O16. The van der Waals surface area contributed by atoms with Crippen LogP contribution in [0.5, 0.6) is 23.0 Å². The van der Waals surface area contributed by atoms with Crippen LogP contribution in [-0.2, 0) is 55.1 Å². The van der Waals surface area contributed by atoms with E-state index in [0.29, 0.717) is 122 Å². The number of aromatic amines is 4. The van der Waals surface area contributed by atoms with E-state index in [-0.39, 0.29) is 71.5 Å². The number of nitrogens with one attached hydrogen (secondary N) is 6. The van der Waals surface area contributed by atoms with Gasteiger partial charge in [-0.25, -0.2) is 39.1 Å². The number of methoxy groups -OCH3 is 2. The van der Waals surface area contributed by atoms with Gasteiger partial charge in [-0.1, -0.05) is 81.1 Å². The van der Waals surface area contributed by atoms with Crippen LogP contribution < -0.4 is 29.6 Å². The summed E-state index contributed by atoms with van der Waals surface area (Å²) in [4.78, 5) is 147. The second kappa shape index (κ2) is 35.7. The highest BCUT2D eigenvalue weighted by atomic mass is 79.9. The average molecular weight is 1800 g/mol. The van der Waals surface area contributed by atoms with Crippen LogP contribution in [0.4, 0.5) is 19.2 Å². The highest BCUT2D eigenvalue weighted by Crippen LogP contribution is 2.54. The van der Waals surface area contributed by atoms with E-state index in [0.717, 1.165) is 162 Å². The lowest BCUT2D eigenvalue weighted by Crippen LogP contribution is -2.52. The molecule has 122 heavy (non-hydrogen) atoms. The van der Waals surface area contributed by atoms with Gasteiger partial charge in [-0.15, -0.1) is 0 Å². The number of nitrogens with zero attached hydrogens (tertiary/aromatic N) is 10. The van der Waals surface area contributed by atoms with Crippen molar-refractivity contribution in [2.24, 2.45) is 23.7 Å². The molecule has 4 saturated heterocycles. The SMILES string of the molecule is CC[C@H](C)[C@@H](C(=O)N1CCC[C@H]1c1ncc(-c2cc3c4c(c2)OCc2cc(-c5cnc([C@@H]6CCCN6C(=O)[C@H]([C@@H](C)CC)N(C)C(=O)O)[nH]5)cc(c2-4)OC3)[nH]1)N(C)C(=O)O.CC[C@H](C)[C@H](NC(=O)OC)C(=O)N1CCC[C@H]1c1nc(-c2cc3c4c(c2)OCc2cc(-c5nc([C@@H]6CCCN6C(=O)[C@@H](NC(=O)OC)[C@@H](C)CC)[nH]c5Br)cc(c2-4)OC3)c(Br)[nH]1. The summed E-state index contributed by atoms with van der Waals surface area (Å²) in [5, 5.41) is 25.0. The fraction of sp³-hybridized carbons (Fsp3) is 0.500. The number of rotatable bonds is 24. The summed E-state index contributed by atoms with van der Waals surface area (Å²) >= 11 is 7.44. The Morgan fingerprint density at radius 3 is 1.05 bits per heavy atom. The molecule has 12 atom stereocenters.